The molecule has 0 heterocycles. The number of carbonyl (C=O) groups is 1. The van der Waals surface area contributed by atoms with E-state index in [0.717, 1.165) is 12.2 Å². The molecule has 0 aliphatic rings. The molecule has 1 unspecified atom stereocenters. The van der Waals surface area contributed by atoms with Gasteiger partial charge in [-0.05, 0) is 45.2 Å². The lowest BCUT2D eigenvalue weighted by molar-refractivity contribution is -0.121. The number of amides is 1. The van der Waals surface area contributed by atoms with Crippen LogP contribution in [0.1, 0.15) is 45.2 Å². The Labute approximate surface area is 121 Å². The van der Waals surface area contributed by atoms with Crippen LogP contribution >= 0.6 is 11.8 Å². The molecular weight excluding hydrogens is 254 g/mol. The van der Waals surface area contributed by atoms with Gasteiger partial charge in [0.25, 0.3) is 0 Å². The molecule has 1 amide bonds. The van der Waals surface area contributed by atoms with Crippen molar-refractivity contribution in [2.75, 3.05) is 0 Å². The summed E-state index contributed by atoms with van der Waals surface area (Å²) in [5.41, 5.74) is 2.48. The van der Waals surface area contributed by atoms with Crippen molar-refractivity contribution in [2.45, 2.75) is 57.6 Å². The van der Waals surface area contributed by atoms with E-state index in [1.807, 2.05) is 19.1 Å². The Kier molecular flexibility index (Phi) is 5.92. The monoisotopic (exact) mass is 279 g/mol. The summed E-state index contributed by atoms with van der Waals surface area (Å²) in [4.78, 5) is 12.1. The Bertz CT molecular complexity index is 429. The zero-order valence-electron chi connectivity index (χ0n) is 12.6. The van der Waals surface area contributed by atoms with Gasteiger partial charge >= 0.3 is 0 Å². The Morgan fingerprint density at radius 3 is 2.58 bits per heavy atom. The summed E-state index contributed by atoms with van der Waals surface area (Å²) in [6.07, 6.45) is 0.938. The van der Waals surface area contributed by atoms with Crippen molar-refractivity contribution >= 4 is 17.7 Å². The summed E-state index contributed by atoms with van der Waals surface area (Å²) in [5.74, 6) is 1.01. The van der Waals surface area contributed by atoms with Gasteiger partial charge in [-0.1, -0.05) is 31.2 Å². The van der Waals surface area contributed by atoms with Crippen LogP contribution in [0.25, 0.3) is 0 Å². The minimum Gasteiger partial charge on any atom is -0.350 e. The fourth-order valence-electron chi connectivity index (χ4n) is 1.59. The second-order valence-corrected chi connectivity index (χ2v) is 6.94. The normalized spacial score (nSPS) is 13.1. The number of carbonyl (C=O) groups excluding carboxylic acids is 1. The fraction of sp³-hybridized carbons (Fsp3) is 0.562. The zero-order chi connectivity index (χ0) is 14.5. The molecule has 0 aliphatic carbocycles. The van der Waals surface area contributed by atoms with E-state index in [9.17, 15) is 4.79 Å². The third-order valence-corrected chi connectivity index (χ3v) is 4.66. The summed E-state index contributed by atoms with van der Waals surface area (Å²) in [5, 5.41) is 3.07. The minimum absolute atomic E-state index is 0.0227. The maximum Gasteiger partial charge on any atom is 0.233 e. The molecule has 19 heavy (non-hydrogen) atoms. The third-order valence-electron chi connectivity index (χ3n) is 3.46. The predicted molar refractivity (Wildman–Crippen MR) is 84.4 cm³/mol. The topological polar surface area (TPSA) is 29.1 Å². The number of aryl methyl sites for hydroxylation is 1. The molecule has 1 rings (SSSR count). The molecule has 3 heteroatoms. The van der Waals surface area contributed by atoms with Gasteiger partial charge in [0.1, 0.15) is 0 Å². The van der Waals surface area contributed by atoms with Crippen LogP contribution in [0.4, 0.5) is 0 Å². The Hall–Kier alpha value is -0.960. The van der Waals surface area contributed by atoms with Crippen LogP contribution < -0.4 is 5.32 Å². The van der Waals surface area contributed by atoms with E-state index >= 15 is 0 Å². The third kappa shape index (κ3) is 5.27. The van der Waals surface area contributed by atoms with Gasteiger partial charge in [-0.3, -0.25) is 4.79 Å². The van der Waals surface area contributed by atoms with Gasteiger partial charge in [-0.2, -0.15) is 0 Å². The van der Waals surface area contributed by atoms with E-state index in [2.05, 4.69) is 45.1 Å². The SMILES string of the molecule is CCC(C)(C)NC(=O)C(C)SCc1ccccc1C. The molecule has 0 radical (unpaired) electrons. The zero-order valence-corrected chi connectivity index (χ0v) is 13.4. The molecule has 0 fully saturated rings. The van der Waals surface area contributed by atoms with Gasteiger partial charge in [0.05, 0.1) is 5.25 Å². The van der Waals surface area contributed by atoms with Crippen molar-refractivity contribution in [3.63, 3.8) is 0 Å². The molecule has 1 aromatic rings. The van der Waals surface area contributed by atoms with E-state index < -0.39 is 0 Å². The fourth-order valence-corrected chi connectivity index (χ4v) is 2.55. The highest BCUT2D eigenvalue weighted by Crippen LogP contribution is 2.21. The first kappa shape index (κ1) is 16.1. The van der Waals surface area contributed by atoms with E-state index in [-0.39, 0.29) is 16.7 Å². The maximum atomic E-state index is 12.1. The molecule has 0 saturated carbocycles. The number of rotatable bonds is 6. The molecule has 1 atom stereocenters. The maximum absolute atomic E-state index is 12.1. The van der Waals surface area contributed by atoms with Crippen molar-refractivity contribution in [1.82, 2.24) is 5.32 Å². The van der Waals surface area contributed by atoms with Crippen molar-refractivity contribution < 1.29 is 4.79 Å². The molecule has 1 aromatic carbocycles. The summed E-state index contributed by atoms with van der Waals surface area (Å²) in [6.45, 7) is 10.3. The van der Waals surface area contributed by atoms with E-state index in [4.69, 9.17) is 0 Å². The first-order valence-corrected chi connectivity index (χ1v) is 7.88. The second kappa shape index (κ2) is 6.99. The summed E-state index contributed by atoms with van der Waals surface area (Å²) >= 11 is 1.69. The lowest BCUT2D eigenvalue weighted by Gasteiger charge is -2.26. The van der Waals surface area contributed by atoms with E-state index in [1.165, 1.54) is 11.1 Å². The number of thioether (sulfide) groups is 1. The molecule has 0 saturated heterocycles. The minimum atomic E-state index is -0.117. The lowest BCUT2D eigenvalue weighted by Crippen LogP contribution is -2.46. The predicted octanol–water partition coefficient (Wildman–Crippen LogP) is 3.92. The Morgan fingerprint density at radius 2 is 2.00 bits per heavy atom. The van der Waals surface area contributed by atoms with Crippen LogP contribution in [0.15, 0.2) is 24.3 Å². The molecule has 0 aromatic heterocycles. The van der Waals surface area contributed by atoms with Crippen molar-refractivity contribution in [1.29, 1.82) is 0 Å². The average Bonchev–Trinajstić information content (AvgIpc) is 2.37. The van der Waals surface area contributed by atoms with Crippen molar-refractivity contribution in [3.8, 4) is 0 Å². The molecule has 0 aliphatic heterocycles. The molecule has 0 spiro atoms. The molecule has 106 valence electrons. The van der Waals surface area contributed by atoms with Gasteiger partial charge in [-0.15, -0.1) is 11.8 Å². The van der Waals surface area contributed by atoms with Gasteiger partial charge in [0, 0.05) is 11.3 Å². The highest BCUT2D eigenvalue weighted by atomic mass is 32.2. The summed E-state index contributed by atoms with van der Waals surface area (Å²) in [7, 11) is 0. The van der Waals surface area contributed by atoms with E-state index in [1.54, 1.807) is 11.8 Å². The first-order valence-electron chi connectivity index (χ1n) is 6.84. The van der Waals surface area contributed by atoms with Crippen LogP contribution in [-0.2, 0) is 10.5 Å². The summed E-state index contributed by atoms with van der Waals surface area (Å²) < 4.78 is 0. The number of benzene rings is 1. The second-order valence-electron chi connectivity index (χ2n) is 5.61. The van der Waals surface area contributed by atoms with Crippen LogP contribution in [-0.4, -0.2) is 16.7 Å². The average molecular weight is 279 g/mol. The highest BCUT2D eigenvalue weighted by molar-refractivity contribution is 7.99. The van der Waals surface area contributed by atoms with Crippen molar-refractivity contribution in [3.05, 3.63) is 35.4 Å². The Balaban J connectivity index is 2.50. The lowest BCUT2D eigenvalue weighted by atomic mass is 10.0. The van der Waals surface area contributed by atoms with Gasteiger partial charge in [0.15, 0.2) is 0 Å². The molecular formula is C16H25NOS. The van der Waals surface area contributed by atoms with Crippen molar-refractivity contribution in [2.24, 2.45) is 0 Å². The van der Waals surface area contributed by atoms with Crippen LogP contribution in [0.5, 0.6) is 0 Å². The number of hydrogen-bond donors (Lipinski definition) is 1. The van der Waals surface area contributed by atoms with Crippen LogP contribution in [0, 0.1) is 6.92 Å². The Morgan fingerprint density at radius 1 is 1.37 bits per heavy atom. The van der Waals surface area contributed by atoms with Crippen LogP contribution in [0.2, 0.25) is 0 Å². The number of nitrogens with one attached hydrogen (secondary N) is 1. The molecule has 1 N–H and O–H groups in total. The quantitative estimate of drug-likeness (QED) is 0.855. The molecule has 2 nitrogen and oxygen atoms in total. The van der Waals surface area contributed by atoms with Crippen LogP contribution in [0.3, 0.4) is 0 Å². The first-order chi connectivity index (χ1) is 8.85. The van der Waals surface area contributed by atoms with E-state index in [0.29, 0.717) is 0 Å². The summed E-state index contributed by atoms with van der Waals surface area (Å²) in [6, 6.07) is 8.33. The number of hydrogen-bond acceptors (Lipinski definition) is 2. The highest BCUT2D eigenvalue weighted by Gasteiger charge is 2.21. The largest absolute Gasteiger partial charge is 0.350 e. The standard InChI is InChI=1S/C16H25NOS/c1-6-16(4,5)17-15(18)13(3)19-11-14-10-8-7-9-12(14)2/h7-10,13H,6,11H2,1-5H3,(H,17,18). The van der Waals surface area contributed by atoms with Gasteiger partial charge in [0.2, 0.25) is 5.91 Å². The smallest absolute Gasteiger partial charge is 0.233 e. The molecule has 0 bridgehead atoms. The van der Waals surface area contributed by atoms with Gasteiger partial charge < -0.3 is 5.32 Å². The van der Waals surface area contributed by atoms with Gasteiger partial charge in [-0.25, -0.2) is 0 Å².